The molecular weight excluding hydrogens is 232 g/mol. The standard InChI is InChI=1S/C17H22N2/c1-2-19(13-15-9-5-3-6-10-15)14-17(18)16-11-7-4-8-12-16/h3-12,17H,2,13-14,18H2,1H3/t17-/m1/s1. The molecule has 0 amide bonds. The molecule has 0 saturated carbocycles. The third-order valence-corrected chi connectivity index (χ3v) is 3.38. The van der Waals surface area contributed by atoms with Gasteiger partial charge >= 0.3 is 0 Å². The monoisotopic (exact) mass is 254 g/mol. The number of hydrogen-bond donors (Lipinski definition) is 1. The second-order valence-corrected chi connectivity index (χ2v) is 4.83. The van der Waals surface area contributed by atoms with Crippen LogP contribution in [0.3, 0.4) is 0 Å². The zero-order valence-corrected chi connectivity index (χ0v) is 11.5. The van der Waals surface area contributed by atoms with Gasteiger partial charge in [-0.3, -0.25) is 4.90 Å². The highest BCUT2D eigenvalue weighted by Crippen LogP contribution is 2.13. The Labute approximate surface area is 115 Å². The fourth-order valence-electron chi connectivity index (χ4n) is 2.23. The first kappa shape index (κ1) is 13.8. The fraction of sp³-hybridized carbons (Fsp3) is 0.294. The molecule has 0 saturated heterocycles. The number of benzene rings is 2. The van der Waals surface area contributed by atoms with Crippen LogP contribution in [0.4, 0.5) is 0 Å². The predicted molar refractivity (Wildman–Crippen MR) is 80.8 cm³/mol. The highest BCUT2D eigenvalue weighted by atomic mass is 15.1. The average Bonchev–Trinajstić information content (AvgIpc) is 2.48. The maximum Gasteiger partial charge on any atom is 0.0424 e. The number of rotatable bonds is 6. The van der Waals surface area contributed by atoms with Crippen LogP contribution < -0.4 is 5.73 Å². The summed E-state index contributed by atoms with van der Waals surface area (Å²) in [4.78, 5) is 2.38. The van der Waals surface area contributed by atoms with Crippen LogP contribution in [-0.4, -0.2) is 18.0 Å². The van der Waals surface area contributed by atoms with Crippen molar-refractivity contribution < 1.29 is 0 Å². The third kappa shape index (κ3) is 4.19. The van der Waals surface area contributed by atoms with Crippen LogP contribution in [0.15, 0.2) is 60.7 Å². The first-order valence-corrected chi connectivity index (χ1v) is 6.86. The molecule has 19 heavy (non-hydrogen) atoms. The van der Waals surface area contributed by atoms with Crippen molar-refractivity contribution in [3.8, 4) is 0 Å². The molecule has 2 N–H and O–H groups in total. The zero-order valence-electron chi connectivity index (χ0n) is 11.5. The SMILES string of the molecule is CCN(Cc1ccccc1)C[C@@H](N)c1ccccc1. The van der Waals surface area contributed by atoms with Crippen LogP contribution in [0.5, 0.6) is 0 Å². The lowest BCUT2D eigenvalue weighted by molar-refractivity contribution is 0.262. The summed E-state index contributed by atoms with van der Waals surface area (Å²) in [6.45, 7) is 5.03. The van der Waals surface area contributed by atoms with E-state index in [2.05, 4.69) is 54.3 Å². The van der Waals surface area contributed by atoms with E-state index in [0.717, 1.165) is 19.6 Å². The number of nitrogens with two attached hydrogens (primary N) is 1. The molecule has 0 heterocycles. The predicted octanol–water partition coefficient (Wildman–Crippen LogP) is 3.21. The first-order valence-electron chi connectivity index (χ1n) is 6.86. The van der Waals surface area contributed by atoms with E-state index in [4.69, 9.17) is 5.73 Å². The summed E-state index contributed by atoms with van der Waals surface area (Å²) in [5, 5.41) is 0. The highest BCUT2D eigenvalue weighted by molar-refractivity contribution is 5.19. The minimum absolute atomic E-state index is 0.0739. The van der Waals surface area contributed by atoms with E-state index >= 15 is 0 Å². The molecule has 0 aromatic heterocycles. The fourth-order valence-corrected chi connectivity index (χ4v) is 2.23. The average molecular weight is 254 g/mol. The molecule has 2 aromatic rings. The van der Waals surface area contributed by atoms with Crippen LogP contribution in [0, 0.1) is 0 Å². The van der Waals surface area contributed by atoms with Gasteiger partial charge in [0.1, 0.15) is 0 Å². The largest absolute Gasteiger partial charge is 0.323 e. The maximum atomic E-state index is 6.28. The minimum atomic E-state index is 0.0739. The summed E-state index contributed by atoms with van der Waals surface area (Å²) in [7, 11) is 0. The smallest absolute Gasteiger partial charge is 0.0424 e. The minimum Gasteiger partial charge on any atom is -0.323 e. The summed E-state index contributed by atoms with van der Waals surface area (Å²) in [5.41, 5.74) is 8.82. The van der Waals surface area contributed by atoms with Crippen LogP contribution in [-0.2, 0) is 6.54 Å². The van der Waals surface area contributed by atoms with Gasteiger partial charge in [0, 0.05) is 19.1 Å². The molecule has 0 unspecified atom stereocenters. The summed E-state index contributed by atoms with van der Waals surface area (Å²) in [6.07, 6.45) is 0. The van der Waals surface area contributed by atoms with Crippen molar-refractivity contribution in [3.05, 3.63) is 71.8 Å². The molecule has 2 nitrogen and oxygen atoms in total. The van der Waals surface area contributed by atoms with E-state index in [1.54, 1.807) is 0 Å². The lowest BCUT2D eigenvalue weighted by Crippen LogP contribution is -2.31. The lowest BCUT2D eigenvalue weighted by atomic mass is 10.1. The van der Waals surface area contributed by atoms with Crippen molar-refractivity contribution >= 4 is 0 Å². The molecule has 100 valence electrons. The van der Waals surface area contributed by atoms with Crippen molar-refractivity contribution in [1.29, 1.82) is 0 Å². The second kappa shape index (κ2) is 7.07. The van der Waals surface area contributed by atoms with E-state index in [1.165, 1.54) is 11.1 Å². The third-order valence-electron chi connectivity index (χ3n) is 3.38. The van der Waals surface area contributed by atoms with Crippen LogP contribution in [0.1, 0.15) is 24.1 Å². The molecule has 0 fully saturated rings. The Kier molecular flexibility index (Phi) is 5.13. The summed E-state index contributed by atoms with van der Waals surface area (Å²) in [5.74, 6) is 0. The van der Waals surface area contributed by atoms with Crippen LogP contribution in [0.25, 0.3) is 0 Å². The lowest BCUT2D eigenvalue weighted by Gasteiger charge is -2.24. The van der Waals surface area contributed by atoms with Gasteiger partial charge in [-0.2, -0.15) is 0 Å². The van der Waals surface area contributed by atoms with E-state index in [0.29, 0.717) is 0 Å². The van der Waals surface area contributed by atoms with Crippen molar-refractivity contribution in [2.24, 2.45) is 5.73 Å². The summed E-state index contributed by atoms with van der Waals surface area (Å²) >= 11 is 0. The molecule has 0 bridgehead atoms. The maximum absolute atomic E-state index is 6.28. The van der Waals surface area contributed by atoms with Crippen LogP contribution >= 0.6 is 0 Å². The molecule has 2 rings (SSSR count). The van der Waals surface area contributed by atoms with Crippen LogP contribution in [0.2, 0.25) is 0 Å². The normalized spacial score (nSPS) is 12.6. The highest BCUT2D eigenvalue weighted by Gasteiger charge is 2.11. The van der Waals surface area contributed by atoms with Gasteiger partial charge in [0.05, 0.1) is 0 Å². The Hall–Kier alpha value is -1.64. The Morgan fingerprint density at radius 1 is 0.947 bits per heavy atom. The Morgan fingerprint density at radius 2 is 1.53 bits per heavy atom. The molecule has 2 aromatic carbocycles. The van der Waals surface area contributed by atoms with Gasteiger partial charge in [-0.15, -0.1) is 0 Å². The molecule has 0 aliphatic heterocycles. The van der Waals surface area contributed by atoms with Gasteiger partial charge in [-0.25, -0.2) is 0 Å². The Morgan fingerprint density at radius 3 is 2.11 bits per heavy atom. The first-order chi connectivity index (χ1) is 9.29. The van der Waals surface area contributed by atoms with Crippen molar-refractivity contribution in [1.82, 2.24) is 4.90 Å². The molecule has 0 spiro atoms. The Balaban J connectivity index is 1.96. The van der Waals surface area contributed by atoms with Crippen molar-refractivity contribution in [2.45, 2.75) is 19.5 Å². The summed E-state index contributed by atoms with van der Waals surface area (Å²) < 4.78 is 0. The van der Waals surface area contributed by atoms with Gasteiger partial charge in [0.25, 0.3) is 0 Å². The van der Waals surface area contributed by atoms with E-state index in [1.807, 2.05) is 18.2 Å². The molecule has 1 atom stereocenters. The quantitative estimate of drug-likeness (QED) is 0.857. The zero-order chi connectivity index (χ0) is 13.5. The number of hydrogen-bond acceptors (Lipinski definition) is 2. The second-order valence-electron chi connectivity index (χ2n) is 4.83. The summed E-state index contributed by atoms with van der Waals surface area (Å²) in [6, 6.07) is 20.9. The number of nitrogens with zero attached hydrogens (tertiary/aromatic N) is 1. The molecule has 0 aliphatic rings. The van der Waals surface area contributed by atoms with Gasteiger partial charge in [-0.1, -0.05) is 67.6 Å². The molecule has 2 heteroatoms. The van der Waals surface area contributed by atoms with E-state index in [9.17, 15) is 0 Å². The van der Waals surface area contributed by atoms with Gasteiger partial charge in [0.2, 0.25) is 0 Å². The molecule has 0 radical (unpaired) electrons. The Bertz CT molecular complexity index is 467. The van der Waals surface area contributed by atoms with E-state index in [-0.39, 0.29) is 6.04 Å². The van der Waals surface area contributed by atoms with Crippen molar-refractivity contribution in [2.75, 3.05) is 13.1 Å². The number of likely N-dealkylation sites (N-methyl/N-ethyl adjacent to an activating group) is 1. The molecular formula is C17H22N2. The van der Waals surface area contributed by atoms with Crippen molar-refractivity contribution in [3.63, 3.8) is 0 Å². The van der Waals surface area contributed by atoms with Gasteiger partial charge < -0.3 is 5.73 Å². The van der Waals surface area contributed by atoms with Gasteiger partial charge in [-0.05, 0) is 17.7 Å². The topological polar surface area (TPSA) is 29.3 Å². The molecule has 0 aliphatic carbocycles. The van der Waals surface area contributed by atoms with Gasteiger partial charge in [0.15, 0.2) is 0 Å². The van der Waals surface area contributed by atoms with E-state index < -0.39 is 0 Å².